The van der Waals surface area contributed by atoms with Gasteiger partial charge >= 0.3 is 0 Å². The maximum atomic E-state index is 13.0. The number of hydrogen-bond acceptors (Lipinski definition) is 3. The lowest BCUT2D eigenvalue weighted by molar-refractivity contribution is -0.135. The minimum Gasteiger partial charge on any atom is -0.375 e. The Morgan fingerprint density at radius 1 is 1.18 bits per heavy atom. The number of carbonyl (C=O) groups excluding carboxylic acids is 2. The molecule has 0 spiro atoms. The van der Waals surface area contributed by atoms with Gasteiger partial charge in [-0.2, -0.15) is 0 Å². The van der Waals surface area contributed by atoms with E-state index in [1.807, 2.05) is 24.3 Å². The van der Waals surface area contributed by atoms with E-state index in [0.717, 1.165) is 23.7 Å². The van der Waals surface area contributed by atoms with E-state index in [4.69, 9.17) is 0 Å². The highest BCUT2D eigenvalue weighted by molar-refractivity contribution is 9.10. The molecule has 2 aliphatic rings. The third-order valence-corrected chi connectivity index (χ3v) is 6.19. The Labute approximate surface area is 173 Å². The highest BCUT2D eigenvalue weighted by Gasteiger charge is 2.50. The zero-order valence-corrected chi connectivity index (χ0v) is 17.2. The fraction of sp³-hybridized carbons (Fsp3) is 0.304. The van der Waals surface area contributed by atoms with Gasteiger partial charge in [0.05, 0.1) is 12.1 Å². The van der Waals surface area contributed by atoms with Gasteiger partial charge in [0, 0.05) is 22.1 Å². The van der Waals surface area contributed by atoms with Crippen molar-refractivity contribution in [2.24, 2.45) is 0 Å². The normalized spacial score (nSPS) is 20.6. The third-order valence-electron chi connectivity index (χ3n) is 5.69. The predicted molar refractivity (Wildman–Crippen MR) is 113 cm³/mol. The summed E-state index contributed by atoms with van der Waals surface area (Å²) in [5.41, 5.74) is 2.27. The molecule has 1 aliphatic carbocycles. The van der Waals surface area contributed by atoms with Crippen LogP contribution in [-0.4, -0.2) is 23.3 Å². The highest BCUT2D eigenvalue weighted by Crippen LogP contribution is 2.44. The summed E-state index contributed by atoms with van der Waals surface area (Å²) in [5, 5.41) is 11.3. The summed E-state index contributed by atoms with van der Waals surface area (Å²) in [6.07, 6.45) is 5.67. The van der Waals surface area contributed by atoms with E-state index in [-0.39, 0.29) is 18.7 Å². The first-order valence-corrected chi connectivity index (χ1v) is 10.3. The van der Waals surface area contributed by atoms with Crippen LogP contribution in [0.3, 0.4) is 0 Å². The first-order chi connectivity index (χ1) is 13.4. The molecular weight excluding hydrogens is 418 g/mol. The van der Waals surface area contributed by atoms with Crippen molar-refractivity contribution in [2.75, 3.05) is 11.4 Å². The summed E-state index contributed by atoms with van der Waals surface area (Å²) in [5.74, 6) is -0.706. The molecule has 2 aromatic rings. The molecule has 0 aromatic heterocycles. The number of ketones is 1. The molecule has 1 aliphatic heterocycles. The van der Waals surface area contributed by atoms with Crippen LogP contribution in [0.4, 0.5) is 5.69 Å². The number of aliphatic hydroxyl groups is 1. The molecule has 1 amide bonds. The van der Waals surface area contributed by atoms with E-state index in [0.29, 0.717) is 16.8 Å². The van der Waals surface area contributed by atoms with Crippen LogP contribution >= 0.6 is 15.9 Å². The van der Waals surface area contributed by atoms with Gasteiger partial charge in [0.15, 0.2) is 11.4 Å². The molecule has 1 heterocycles. The quantitative estimate of drug-likeness (QED) is 0.557. The number of fused-ring (bicyclic) bond motifs is 2. The average molecular weight is 440 g/mol. The second kappa shape index (κ2) is 7.30. The van der Waals surface area contributed by atoms with Gasteiger partial charge in [-0.05, 0) is 61.1 Å². The Balaban J connectivity index is 1.68. The molecule has 0 radical (unpaired) electrons. The second-order valence-electron chi connectivity index (χ2n) is 7.52. The van der Waals surface area contributed by atoms with Gasteiger partial charge in [-0.15, -0.1) is 6.58 Å². The van der Waals surface area contributed by atoms with E-state index < -0.39 is 11.5 Å². The van der Waals surface area contributed by atoms with Crippen molar-refractivity contribution >= 4 is 33.3 Å². The lowest BCUT2D eigenvalue weighted by atomic mass is 9.85. The lowest BCUT2D eigenvalue weighted by Gasteiger charge is -2.23. The van der Waals surface area contributed by atoms with Gasteiger partial charge < -0.3 is 10.0 Å². The number of carbonyl (C=O) groups is 2. The number of halogens is 1. The van der Waals surface area contributed by atoms with E-state index in [9.17, 15) is 14.7 Å². The number of Topliss-reactive ketones (excluding diaryl/α,β-unsaturated/α-hetero) is 1. The summed E-state index contributed by atoms with van der Waals surface area (Å²) in [7, 11) is 0. The molecule has 4 rings (SSSR count). The van der Waals surface area contributed by atoms with Crippen LogP contribution in [0, 0.1) is 0 Å². The molecule has 1 N–H and O–H groups in total. The van der Waals surface area contributed by atoms with Crippen LogP contribution in [0.2, 0.25) is 0 Å². The summed E-state index contributed by atoms with van der Waals surface area (Å²) >= 11 is 3.40. The largest absolute Gasteiger partial charge is 0.375 e. The first-order valence-electron chi connectivity index (χ1n) is 9.54. The molecule has 5 heteroatoms. The van der Waals surface area contributed by atoms with Crippen molar-refractivity contribution in [1.29, 1.82) is 0 Å². The maximum Gasteiger partial charge on any atom is 0.264 e. The molecule has 0 unspecified atom stereocenters. The van der Waals surface area contributed by atoms with Gasteiger partial charge in [-0.1, -0.05) is 34.1 Å². The van der Waals surface area contributed by atoms with Gasteiger partial charge in [-0.25, -0.2) is 0 Å². The van der Waals surface area contributed by atoms with Crippen LogP contribution in [0.5, 0.6) is 0 Å². The molecule has 4 nitrogen and oxygen atoms in total. The van der Waals surface area contributed by atoms with Gasteiger partial charge in [0.2, 0.25) is 0 Å². The molecule has 144 valence electrons. The lowest BCUT2D eigenvalue weighted by Crippen LogP contribution is -2.42. The topological polar surface area (TPSA) is 57.6 Å². The number of rotatable bonds is 5. The maximum absolute atomic E-state index is 13.0. The van der Waals surface area contributed by atoms with E-state index in [1.54, 1.807) is 18.2 Å². The minimum atomic E-state index is -1.87. The Hall–Kier alpha value is -2.24. The van der Waals surface area contributed by atoms with E-state index in [1.165, 1.54) is 22.4 Å². The first kappa shape index (κ1) is 19.1. The second-order valence-corrected chi connectivity index (χ2v) is 8.43. The summed E-state index contributed by atoms with van der Waals surface area (Å²) in [4.78, 5) is 27.6. The zero-order chi connectivity index (χ0) is 19.9. The number of amides is 1. The highest BCUT2D eigenvalue weighted by atomic mass is 79.9. The SMILES string of the molecule is C=CCN1C(=O)[C@](O)(CC(=O)c2ccc3c(c2)CCCC3)c2cc(Br)ccc21. The molecule has 1 atom stereocenters. The molecule has 0 saturated heterocycles. The van der Waals surface area contributed by atoms with Crippen LogP contribution in [-0.2, 0) is 23.2 Å². The molecular formula is C23H22BrNO3. The number of benzene rings is 2. The molecule has 0 fully saturated rings. The molecule has 2 aromatic carbocycles. The predicted octanol–water partition coefficient (Wildman–Crippen LogP) is 4.32. The van der Waals surface area contributed by atoms with Crippen molar-refractivity contribution in [2.45, 2.75) is 37.7 Å². The fourth-order valence-electron chi connectivity index (χ4n) is 4.25. The number of aryl methyl sites for hydroxylation is 2. The average Bonchev–Trinajstić information content (AvgIpc) is 2.89. The van der Waals surface area contributed by atoms with Crippen molar-refractivity contribution < 1.29 is 14.7 Å². The standard InChI is InChI=1S/C23H22BrNO3/c1-2-11-25-20-10-9-18(24)13-19(20)23(28,22(25)27)14-21(26)17-8-7-15-5-3-4-6-16(15)12-17/h2,7-10,12-13,28H,1,3-6,11,14H2/t23-/m0/s1. The molecule has 0 saturated carbocycles. The Kier molecular flexibility index (Phi) is 4.98. The number of nitrogens with zero attached hydrogens (tertiary/aromatic N) is 1. The molecule has 0 bridgehead atoms. The van der Waals surface area contributed by atoms with Crippen LogP contribution < -0.4 is 4.90 Å². The van der Waals surface area contributed by atoms with E-state index in [2.05, 4.69) is 22.5 Å². The van der Waals surface area contributed by atoms with E-state index >= 15 is 0 Å². The minimum absolute atomic E-state index is 0.226. The smallest absolute Gasteiger partial charge is 0.264 e. The summed E-state index contributed by atoms with van der Waals surface area (Å²) in [6.45, 7) is 3.98. The Bertz CT molecular complexity index is 984. The van der Waals surface area contributed by atoms with Crippen molar-refractivity contribution in [3.05, 3.63) is 75.8 Å². The number of anilines is 1. The van der Waals surface area contributed by atoms with Gasteiger partial charge in [-0.3, -0.25) is 9.59 Å². The van der Waals surface area contributed by atoms with Crippen LogP contribution in [0.15, 0.2) is 53.5 Å². The van der Waals surface area contributed by atoms with Gasteiger partial charge in [0.1, 0.15) is 0 Å². The van der Waals surface area contributed by atoms with Crippen LogP contribution in [0.1, 0.15) is 46.3 Å². The zero-order valence-electron chi connectivity index (χ0n) is 15.6. The monoisotopic (exact) mass is 439 g/mol. The van der Waals surface area contributed by atoms with Crippen molar-refractivity contribution in [3.8, 4) is 0 Å². The third kappa shape index (κ3) is 3.12. The van der Waals surface area contributed by atoms with Gasteiger partial charge in [0.25, 0.3) is 5.91 Å². The molecule has 28 heavy (non-hydrogen) atoms. The number of hydrogen-bond donors (Lipinski definition) is 1. The van der Waals surface area contributed by atoms with Crippen LogP contribution in [0.25, 0.3) is 0 Å². The fourth-order valence-corrected chi connectivity index (χ4v) is 4.61. The summed E-state index contributed by atoms with van der Waals surface area (Å²) in [6, 6.07) is 11.1. The summed E-state index contributed by atoms with van der Waals surface area (Å²) < 4.78 is 0.749. The van der Waals surface area contributed by atoms with Crippen molar-refractivity contribution in [1.82, 2.24) is 0 Å². The Morgan fingerprint density at radius 2 is 1.93 bits per heavy atom. The Morgan fingerprint density at radius 3 is 2.68 bits per heavy atom. The van der Waals surface area contributed by atoms with Crippen molar-refractivity contribution in [3.63, 3.8) is 0 Å².